The Hall–Kier alpha value is -1.47. The molecular formula is C12H18N4O2S. The molecule has 0 aliphatic carbocycles. The van der Waals surface area contributed by atoms with Gasteiger partial charge in [0, 0.05) is 13.0 Å². The van der Waals surface area contributed by atoms with Crippen molar-refractivity contribution in [2.24, 2.45) is 0 Å². The number of hydrogen-bond acceptors (Lipinski definition) is 6. The summed E-state index contributed by atoms with van der Waals surface area (Å²) in [5.41, 5.74) is 1.95. The molecule has 6 nitrogen and oxygen atoms in total. The minimum absolute atomic E-state index is 0.0620. The van der Waals surface area contributed by atoms with Crippen LogP contribution < -0.4 is 15.4 Å². The molecule has 0 aromatic carbocycles. The van der Waals surface area contributed by atoms with E-state index in [1.54, 1.807) is 0 Å². The zero-order valence-electron chi connectivity index (χ0n) is 11.1. The normalized spacial score (nSPS) is 18.8. The number of nitrogens with one attached hydrogen (secondary N) is 2. The third kappa shape index (κ3) is 3.74. The second-order valence-corrected chi connectivity index (χ2v) is 4.90. The number of carbonyl (C=O) groups excluding carboxylic acids is 1. The summed E-state index contributed by atoms with van der Waals surface area (Å²) >= 11 is 1.15. The molecule has 0 saturated heterocycles. The number of aromatic nitrogens is 2. The van der Waals surface area contributed by atoms with Crippen LogP contribution in [0, 0.1) is 0 Å². The van der Waals surface area contributed by atoms with Crippen molar-refractivity contribution >= 4 is 23.2 Å². The Morgan fingerprint density at radius 3 is 3.21 bits per heavy atom. The molecule has 1 amide bonds. The van der Waals surface area contributed by atoms with Crippen LogP contribution in [-0.2, 0) is 4.79 Å². The van der Waals surface area contributed by atoms with Gasteiger partial charge in [-0.3, -0.25) is 4.79 Å². The Kier molecular flexibility index (Phi) is 4.86. The summed E-state index contributed by atoms with van der Waals surface area (Å²) < 4.78 is 14.1. The predicted octanol–water partition coefficient (Wildman–Crippen LogP) is 0.818. The van der Waals surface area contributed by atoms with E-state index in [0.717, 1.165) is 36.0 Å². The van der Waals surface area contributed by atoms with Crippen molar-refractivity contribution in [1.82, 2.24) is 19.4 Å². The van der Waals surface area contributed by atoms with Gasteiger partial charge in [0.05, 0.1) is 18.3 Å². The lowest BCUT2D eigenvalue weighted by molar-refractivity contribution is -0.119. The largest absolute Gasteiger partial charge is 0.474 e. The molecule has 0 fully saturated rings. The number of amides is 1. The SMILES string of the molecule is CC(=O)NCCOc1nsnc1C1=CCCNC1C. The maximum absolute atomic E-state index is 10.8. The maximum atomic E-state index is 10.8. The van der Waals surface area contributed by atoms with Gasteiger partial charge in [-0.2, -0.15) is 4.37 Å². The zero-order valence-corrected chi connectivity index (χ0v) is 11.9. The molecule has 0 bridgehead atoms. The van der Waals surface area contributed by atoms with E-state index >= 15 is 0 Å². The van der Waals surface area contributed by atoms with Gasteiger partial charge in [-0.15, -0.1) is 4.37 Å². The summed E-state index contributed by atoms with van der Waals surface area (Å²) in [7, 11) is 0. The van der Waals surface area contributed by atoms with Gasteiger partial charge in [0.25, 0.3) is 5.88 Å². The standard InChI is InChI=1S/C12H18N4O2S/c1-8-10(4-3-5-13-8)11-12(16-19-15-11)18-7-6-14-9(2)17/h4,8,13H,3,5-7H2,1-2H3,(H,14,17). The topological polar surface area (TPSA) is 76.1 Å². The summed E-state index contributed by atoms with van der Waals surface area (Å²) in [6.07, 6.45) is 3.17. The first-order valence-corrected chi connectivity index (χ1v) is 7.05. The highest BCUT2D eigenvalue weighted by molar-refractivity contribution is 6.99. The van der Waals surface area contributed by atoms with Gasteiger partial charge in [-0.05, 0) is 25.5 Å². The first-order chi connectivity index (χ1) is 9.18. The lowest BCUT2D eigenvalue weighted by Crippen LogP contribution is -2.31. The molecule has 1 aliphatic heterocycles. The molecule has 2 heterocycles. The first-order valence-electron chi connectivity index (χ1n) is 6.32. The molecule has 19 heavy (non-hydrogen) atoms. The van der Waals surface area contributed by atoms with Crippen LogP contribution in [0.15, 0.2) is 6.08 Å². The third-order valence-electron chi connectivity index (χ3n) is 2.87. The average Bonchev–Trinajstić information content (AvgIpc) is 2.83. The van der Waals surface area contributed by atoms with Gasteiger partial charge in [0.15, 0.2) is 0 Å². The molecule has 1 aromatic rings. The van der Waals surface area contributed by atoms with E-state index in [9.17, 15) is 4.79 Å². The van der Waals surface area contributed by atoms with Gasteiger partial charge in [0.2, 0.25) is 5.91 Å². The first kappa shape index (κ1) is 14.0. The Bertz CT molecular complexity index is 472. The molecule has 1 aliphatic rings. The summed E-state index contributed by atoms with van der Waals surface area (Å²) in [4.78, 5) is 10.8. The molecule has 2 rings (SSSR count). The van der Waals surface area contributed by atoms with Gasteiger partial charge in [0.1, 0.15) is 12.3 Å². The fraction of sp³-hybridized carbons (Fsp3) is 0.583. The van der Waals surface area contributed by atoms with Crippen LogP contribution in [0.3, 0.4) is 0 Å². The third-order valence-corrected chi connectivity index (χ3v) is 3.38. The Morgan fingerprint density at radius 1 is 1.63 bits per heavy atom. The van der Waals surface area contributed by atoms with Gasteiger partial charge >= 0.3 is 0 Å². The predicted molar refractivity (Wildman–Crippen MR) is 74.1 cm³/mol. The zero-order chi connectivity index (χ0) is 13.7. The molecular weight excluding hydrogens is 264 g/mol. The minimum atomic E-state index is -0.0620. The lowest BCUT2D eigenvalue weighted by atomic mass is 10.0. The lowest BCUT2D eigenvalue weighted by Gasteiger charge is -2.21. The number of hydrogen-bond donors (Lipinski definition) is 2. The van der Waals surface area contributed by atoms with Crippen molar-refractivity contribution in [2.75, 3.05) is 19.7 Å². The van der Waals surface area contributed by atoms with E-state index in [1.807, 2.05) is 0 Å². The molecule has 1 unspecified atom stereocenters. The van der Waals surface area contributed by atoms with Gasteiger partial charge in [-0.1, -0.05) is 6.08 Å². The smallest absolute Gasteiger partial charge is 0.253 e. The summed E-state index contributed by atoms with van der Waals surface area (Å²) in [5, 5.41) is 6.07. The maximum Gasteiger partial charge on any atom is 0.253 e. The fourth-order valence-electron chi connectivity index (χ4n) is 1.94. The van der Waals surface area contributed by atoms with Crippen molar-refractivity contribution < 1.29 is 9.53 Å². The molecule has 0 saturated carbocycles. The van der Waals surface area contributed by atoms with Crippen LogP contribution in [0.2, 0.25) is 0 Å². The quantitative estimate of drug-likeness (QED) is 0.782. The van der Waals surface area contributed by atoms with Crippen molar-refractivity contribution in [1.29, 1.82) is 0 Å². The average molecular weight is 282 g/mol. The van der Waals surface area contributed by atoms with Crippen LogP contribution in [-0.4, -0.2) is 40.4 Å². The molecule has 1 atom stereocenters. The van der Waals surface area contributed by atoms with Gasteiger partial charge in [-0.25, -0.2) is 0 Å². The van der Waals surface area contributed by atoms with Crippen molar-refractivity contribution in [3.63, 3.8) is 0 Å². The number of ether oxygens (including phenoxy) is 1. The second-order valence-electron chi connectivity index (χ2n) is 4.37. The fourth-order valence-corrected chi connectivity index (χ4v) is 2.46. The van der Waals surface area contributed by atoms with E-state index < -0.39 is 0 Å². The van der Waals surface area contributed by atoms with Crippen LogP contribution in [0.4, 0.5) is 0 Å². The van der Waals surface area contributed by atoms with E-state index in [-0.39, 0.29) is 11.9 Å². The highest BCUT2D eigenvalue weighted by atomic mass is 32.1. The van der Waals surface area contributed by atoms with Crippen LogP contribution in [0.25, 0.3) is 5.57 Å². The highest BCUT2D eigenvalue weighted by Crippen LogP contribution is 2.28. The highest BCUT2D eigenvalue weighted by Gasteiger charge is 2.21. The van der Waals surface area contributed by atoms with Crippen molar-refractivity contribution in [3.8, 4) is 5.88 Å². The Morgan fingerprint density at radius 2 is 2.47 bits per heavy atom. The Labute approximate surface area is 116 Å². The van der Waals surface area contributed by atoms with Gasteiger partial charge < -0.3 is 15.4 Å². The summed E-state index contributed by atoms with van der Waals surface area (Å²) in [6, 6.07) is 0.260. The summed E-state index contributed by atoms with van der Waals surface area (Å²) in [5.74, 6) is 0.491. The molecule has 2 N–H and O–H groups in total. The van der Waals surface area contributed by atoms with Crippen LogP contribution >= 0.6 is 11.7 Å². The van der Waals surface area contributed by atoms with E-state index in [0.29, 0.717) is 19.0 Å². The van der Waals surface area contributed by atoms with E-state index in [1.165, 1.54) is 6.92 Å². The number of nitrogens with zero attached hydrogens (tertiary/aromatic N) is 2. The molecule has 0 radical (unpaired) electrons. The minimum Gasteiger partial charge on any atom is -0.474 e. The molecule has 0 spiro atoms. The Balaban J connectivity index is 1.97. The second kappa shape index (κ2) is 6.63. The van der Waals surface area contributed by atoms with E-state index in [4.69, 9.17) is 4.74 Å². The molecule has 1 aromatic heterocycles. The summed E-state index contributed by atoms with van der Waals surface area (Å²) in [6.45, 7) is 5.44. The number of rotatable bonds is 5. The van der Waals surface area contributed by atoms with Crippen LogP contribution in [0.5, 0.6) is 5.88 Å². The van der Waals surface area contributed by atoms with Crippen molar-refractivity contribution in [2.45, 2.75) is 26.3 Å². The van der Waals surface area contributed by atoms with Crippen LogP contribution in [0.1, 0.15) is 26.0 Å². The van der Waals surface area contributed by atoms with E-state index in [2.05, 4.69) is 32.4 Å². The number of carbonyl (C=O) groups is 1. The van der Waals surface area contributed by atoms with Crippen molar-refractivity contribution in [3.05, 3.63) is 11.8 Å². The monoisotopic (exact) mass is 282 g/mol. The molecule has 104 valence electrons. The molecule has 7 heteroatoms.